The van der Waals surface area contributed by atoms with Crippen LogP contribution in [-0.4, -0.2) is 4.98 Å². The molecule has 0 saturated heterocycles. The first kappa shape index (κ1) is 15.1. The Bertz CT molecular complexity index is 1120. The Balaban J connectivity index is 1.58. The Morgan fingerprint density at radius 1 is 0.692 bits per heavy atom. The van der Waals surface area contributed by atoms with Crippen molar-refractivity contribution in [3.05, 3.63) is 102 Å². The average molecular weight is 333 g/mol. The fourth-order valence-electron chi connectivity index (χ4n) is 3.89. The maximum Gasteiger partial charge on any atom is 0.0349 e. The van der Waals surface area contributed by atoms with Gasteiger partial charge >= 0.3 is 0 Å². The lowest BCUT2D eigenvalue weighted by Crippen LogP contribution is -2.00. The Morgan fingerprint density at radius 2 is 1.54 bits per heavy atom. The Kier molecular flexibility index (Phi) is 3.64. The fourth-order valence-corrected chi connectivity index (χ4v) is 3.89. The second kappa shape index (κ2) is 6.27. The van der Waals surface area contributed by atoms with Crippen LogP contribution in [0.15, 0.2) is 85.2 Å². The molecule has 1 heterocycles. The monoisotopic (exact) mass is 333 g/mol. The SMILES string of the molecule is C1=C(c2cncc3ccccc23)CCc2cc(-c3ccccc3)ccc21. The van der Waals surface area contributed by atoms with E-state index in [2.05, 4.69) is 83.9 Å². The molecule has 0 fully saturated rings. The van der Waals surface area contributed by atoms with Gasteiger partial charge in [0.15, 0.2) is 0 Å². The van der Waals surface area contributed by atoms with E-state index < -0.39 is 0 Å². The van der Waals surface area contributed by atoms with E-state index in [0.717, 1.165) is 12.8 Å². The molecular formula is C25H19N. The van der Waals surface area contributed by atoms with E-state index in [1.807, 2.05) is 12.4 Å². The van der Waals surface area contributed by atoms with Crippen LogP contribution >= 0.6 is 0 Å². The summed E-state index contributed by atoms with van der Waals surface area (Å²) in [6.07, 6.45) is 8.43. The maximum absolute atomic E-state index is 4.46. The van der Waals surface area contributed by atoms with Crippen LogP contribution in [0.3, 0.4) is 0 Å². The molecular weight excluding hydrogens is 314 g/mol. The summed E-state index contributed by atoms with van der Waals surface area (Å²) >= 11 is 0. The number of nitrogens with zero attached hydrogens (tertiary/aromatic N) is 1. The zero-order chi connectivity index (χ0) is 17.3. The molecule has 0 N–H and O–H groups in total. The minimum atomic E-state index is 1.06. The first-order chi connectivity index (χ1) is 12.9. The number of hydrogen-bond donors (Lipinski definition) is 0. The third-order valence-electron chi connectivity index (χ3n) is 5.26. The Labute approximate surface area is 153 Å². The number of aryl methyl sites for hydroxylation is 1. The van der Waals surface area contributed by atoms with E-state index >= 15 is 0 Å². The molecule has 1 aromatic heterocycles. The average Bonchev–Trinajstić information content (AvgIpc) is 2.73. The van der Waals surface area contributed by atoms with Crippen molar-refractivity contribution in [2.75, 3.05) is 0 Å². The Hall–Kier alpha value is -3.19. The molecule has 0 bridgehead atoms. The summed E-state index contributed by atoms with van der Waals surface area (Å²) in [7, 11) is 0. The van der Waals surface area contributed by atoms with Gasteiger partial charge in [-0.05, 0) is 46.1 Å². The standard InChI is InChI=1S/C25H19N/c1-2-6-18(7-3-1)19-10-11-21-15-22(13-12-20(21)14-19)25-17-26-16-23-8-4-5-9-24(23)25/h1-11,14-17H,12-13H2. The zero-order valence-electron chi connectivity index (χ0n) is 14.5. The van der Waals surface area contributed by atoms with Gasteiger partial charge in [0.05, 0.1) is 0 Å². The van der Waals surface area contributed by atoms with Crippen LogP contribution in [-0.2, 0) is 6.42 Å². The summed E-state index contributed by atoms with van der Waals surface area (Å²) in [5.74, 6) is 0. The van der Waals surface area contributed by atoms with E-state index in [1.54, 1.807) is 0 Å². The molecule has 0 spiro atoms. The lowest BCUT2D eigenvalue weighted by molar-refractivity contribution is 1.00. The highest BCUT2D eigenvalue weighted by Crippen LogP contribution is 2.35. The molecule has 1 heteroatoms. The molecule has 1 aliphatic carbocycles. The van der Waals surface area contributed by atoms with Crippen molar-refractivity contribution < 1.29 is 0 Å². The molecule has 0 aliphatic heterocycles. The van der Waals surface area contributed by atoms with E-state index in [9.17, 15) is 0 Å². The summed E-state index contributed by atoms with van der Waals surface area (Å²) in [6.45, 7) is 0. The minimum absolute atomic E-state index is 1.06. The first-order valence-electron chi connectivity index (χ1n) is 9.10. The minimum Gasteiger partial charge on any atom is -0.263 e. The predicted molar refractivity (Wildman–Crippen MR) is 110 cm³/mol. The topological polar surface area (TPSA) is 12.9 Å². The normalized spacial score (nSPS) is 13.3. The smallest absolute Gasteiger partial charge is 0.0349 e. The molecule has 1 nitrogen and oxygen atoms in total. The highest BCUT2D eigenvalue weighted by molar-refractivity contribution is 5.98. The van der Waals surface area contributed by atoms with Gasteiger partial charge in [-0.15, -0.1) is 0 Å². The van der Waals surface area contributed by atoms with Gasteiger partial charge in [0.1, 0.15) is 0 Å². The molecule has 26 heavy (non-hydrogen) atoms. The van der Waals surface area contributed by atoms with E-state index in [-0.39, 0.29) is 0 Å². The van der Waals surface area contributed by atoms with Gasteiger partial charge in [0, 0.05) is 23.3 Å². The number of aromatic nitrogens is 1. The number of fused-ring (bicyclic) bond motifs is 2. The summed E-state index contributed by atoms with van der Waals surface area (Å²) in [5, 5.41) is 2.49. The van der Waals surface area contributed by atoms with Gasteiger partial charge in [-0.1, -0.05) is 78.9 Å². The van der Waals surface area contributed by atoms with Crippen LogP contribution < -0.4 is 0 Å². The van der Waals surface area contributed by atoms with Crippen molar-refractivity contribution in [3.8, 4) is 11.1 Å². The van der Waals surface area contributed by atoms with Crippen LogP contribution in [0.4, 0.5) is 0 Å². The molecule has 0 radical (unpaired) electrons. The van der Waals surface area contributed by atoms with Gasteiger partial charge in [-0.25, -0.2) is 0 Å². The molecule has 0 amide bonds. The number of rotatable bonds is 2. The molecule has 5 rings (SSSR count). The van der Waals surface area contributed by atoms with E-state index in [4.69, 9.17) is 0 Å². The van der Waals surface area contributed by atoms with Gasteiger partial charge < -0.3 is 0 Å². The highest BCUT2D eigenvalue weighted by atomic mass is 14.6. The van der Waals surface area contributed by atoms with Crippen LogP contribution in [0, 0.1) is 0 Å². The molecule has 0 saturated carbocycles. The van der Waals surface area contributed by atoms with Crippen LogP contribution in [0.1, 0.15) is 23.1 Å². The molecule has 124 valence electrons. The number of hydrogen-bond acceptors (Lipinski definition) is 1. The molecule has 4 aromatic rings. The van der Waals surface area contributed by atoms with Crippen molar-refractivity contribution in [3.63, 3.8) is 0 Å². The van der Waals surface area contributed by atoms with Gasteiger partial charge in [-0.2, -0.15) is 0 Å². The first-order valence-corrected chi connectivity index (χ1v) is 9.10. The van der Waals surface area contributed by atoms with Crippen molar-refractivity contribution in [1.29, 1.82) is 0 Å². The van der Waals surface area contributed by atoms with Crippen molar-refractivity contribution in [2.45, 2.75) is 12.8 Å². The Morgan fingerprint density at radius 3 is 2.46 bits per heavy atom. The van der Waals surface area contributed by atoms with E-state index in [1.165, 1.54) is 44.2 Å². The molecule has 0 atom stereocenters. The van der Waals surface area contributed by atoms with Gasteiger partial charge in [0.25, 0.3) is 0 Å². The quantitative estimate of drug-likeness (QED) is 0.414. The lowest BCUT2D eigenvalue weighted by atomic mass is 9.86. The molecule has 1 aliphatic rings. The predicted octanol–water partition coefficient (Wildman–Crippen LogP) is 6.39. The summed E-state index contributed by atoms with van der Waals surface area (Å²) in [6, 6.07) is 26.0. The zero-order valence-corrected chi connectivity index (χ0v) is 14.5. The molecule has 3 aromatic carbocycles. The van der Waals surface area contributed by atoms with Crippen molar-refractivity contribution in [1.82, 2.24) is 4.98 Å². The molecule has 0 unspecified atom stereocenters. The fraction of sp³-hybridized carbons (Fsp3) is 0.0800. The van der Waals surface area contributed by atoms with Crippen molar-refractivity contribution >= 4 is 22.4 Å². The van der Waals surface area contributed by atoms with Crippen LogP contribution in [0.5, 0.6) is 0 Å². The summed E-state index contributed by atoms with van der Waals surface area (Å²) in [4.78, 5) is 4.46. The van der Waals surface area contributed by atoms with Crippen LogP contribution in [0.25, 0.3) is 33.5 Å². The third kappa shape index (κ3) is 2.62. The number of pyridine rings is 1. The van der Waals surface area contributed by atoms with Gasteiger partial charge in [-0.3, -0.25) is 4.98 Å². The third-order valence-corrected chi connectivity index (χ3v) is 5.26. The second-order valence-corrected chi connectivity index (χ2v) is 6.86. The summed E-state index contributed by atoms with van der Waals surface area (Å²) < 4.78 is 0. The lowest BCUT2D eigenvalue weighted by Gasteiger charge is -2.19. The number of benzene rings is 3. The summed E-state index contributed by atoms with van der Waals surface area (Å²) in [5.41, 5.74) is 7.99. The number of allylic oxidation sites excluding steroid dienone is 1. The maximum atomic E-state index is 4.46. The van der Waals surface area contributed by atoms with Gasteiger partial charge in [0.2, 0.25) is 0 Å². The van der Waals surface area contributed by atoms with Crippen LogP contribution in [0.2, 0.25) is 0 Å². The largest absolute Gasteiger partial charge is 0.263 e. The van der Waals surface area contributed by atoms with Crippen molar-refractivity contribution in [2.24, 2.45) is 0 Å². The highest BCUT2D eigenvalue weighted by Gasteiger charge is 2.15. The van der Waals surface area contributed by atoms with E-state index in [0.29, 0.717) is 0 Å². The second-order valence-electron chi connectivity index (χ2n) is 6.86.